The molecule has 0 aliphatic rings. The van der Waals surface area contributed by atoms with Gasteiger partial charge in [-0.05, 0) is 51.7 Å². The minimum atomic E-state index is -0.143. The minimum absolute atomic E-state index is 0.143. The average Bonchev–Trinajstić information content (AvgIpc) is 2.35. The fraction of sp³-hybridized carbons (Fsp3) is 0.143. The Hall–Kier alpha value is -0.210. The molecule has 2 aromatic carbocycles. The van der Waals surface area contributed by atoms with E-state index in [-0.39, 0.29) is 5.38 Å². The Kier molecular flexibility index (Phi) is 4.97. The van der Waals surface area contributed by atoms with Gasteiger partial charge in [-0.15, -0.1) is 11.6 Å². The molecular weight excluding hydrogens is 354 g/mol. The normalized spacial score (nSPS) is 12.4. The lowest BCUT2D eigenvalue weighted by Gasteiger charge is -2.12. The smallest absolute Gasteiger partial charge is 0.0626 e. The van der Waals surface area contributed by atoms with Crippen LogP contribution in [0.5, 0.6) is 0 Å². The zero-order valence-electron chi connectivity index (χ0n) is 9.34. The van der Waals surface area contributed by atoms with E-state index < -0.39 is 0 Å². The fourth-order valence-electron chi connectivity index (χ4n) is 1.68. The molecule has 18 heavy (non-hydrogen) atoms. The highest BCUT2D eigenvalue weighted by atomic mass is 79.9. The number of hydrogen-bond acceptors (Lipinski definition) is 0. The maximum Gasteiger partial charge on any atom is 0.0626 e. The monoisotopic (exact) mass is 362 g/mol. The molecular formula is C14H10BrCl3. The van der Waals surface area contributed by atoms with Gasteiger partial charge in [-0.2, -0.15) is 0 Å². The second-order valence-electron chi connectivity index (χ2n) is 3.94. The molecule has 94 valence electrons. The average molecular weight is 364 g/mol. The Balaban J connectivity index is 2.19. The summed E-state index contributed by atoms with van der Waals surface area (Å²) < 4.78 is 0.870. The second kappa shape index (κ2) is 6.29. The summed E-state index contributed by atoms with van der Waals surface area (Å²) in [6.07, 6.45) is 0.680. The van der Waals surface area contributed by atoms with Crippen LogP contribution in [0.25, 0.3) is 0 Å². The van der Waals surface area contributed by atoms with Crippen LogP contribution >= 0.6 is 50.7 Å². The van der Waals surface area contributed by atoms with Gasteiger partial charge in [0.25, 0.3) is 0 Å². The number of rotatable bonds is 3. The highest BCUT2D eigenvalue weighted by Gasteiger charge is 2.12. The van der Waals surface area contributed by atoms with Gasteiger partial charge in [0, 0.05) is 9.50 Å². The summed E-state index contributed by atoms with van der Waals surface area (Å²) in [5, 5.41) is 1.26. The van der Waals surface area contributed by atoms with Crippen molar-refractivity contribution in [1.29, 1.82) is 0 Å². The highest BCUT2D eigenvalue weighted by Crippen LogP contribution is 2.32. The van der Waals surface area contributed by atoms with Crippen molar-refractivity contribution in [1.82, 2.24) is 0 Å². The lowest BCUT2D eigenvalue weighted by molar-refractivity contribution is 0.920. The van der Waals surface area contributed by atoms with Gasteiger partial charge in [0.05, 0.1) is 10.4 Å². The summed E-state index contributed by atoms with van der Waals surface area (Å²) in [4.78, 5) is 0. The molecule has 0 saturated carbocycles. The fourth-order valence-corrected chi connectivity index (χ4v) is 2.63. The molecule has 4 heteroatoms. The number of hydrogen-bond donors (Lipinski definition) is 0. The van der Waals surface area contributed by atoms with Crippen LogP contribution in [0.3, 0.4) is 0 Å². The van der Waals surface area contributed by atoms with Gasteiger partial charge in [0.2, 0.25) is 0 Å². The van der Waals surface area contributed by atoms with Gasteiger partial charge in [0.15, 0.2) is 0 Å². The van der Waals surface area contributed by atoms with Crippen LogP contribution in [-0.2, 0) is 6.42 Å². The Morgan fingerprint density at radius 1 is 1.00 bits per heavy atom. The van der Waals surface area contributed by atoms with E-state index in [0.29, 0.717) is 11.4 Å². The molecule has 0 amide bonds. The zero-order chi connectivity index (χ0) is 13.1. The summed E-state index contributed by atoms with van der Waals surface area (Å²) in [5.74, 6) is 0. The van der Waals surface area contributed by atoms with Crippen LogP contribution in [0.1, 0.15) is 16.5 Å². The molecule has 2 rings (SSSR count). The summed E-state index contributed by atoms with van der Waals surface area (Å²) in [7, 11) is 0. The summed E-state index contributed by atoms with van der Waals surface area (Å²) in [6.45, 7) is 0. The van der Waals surface area contributed by atoms with Crippen LogP contribution in [0.15, 0.2) is 46.9 Å². The number of benzene rings is 2. The standard InChI is InChI=1S/C14H10BrCl3/c15-11-6-5-10(8-14(11)18)13(17)7-9-3-1-2-4-12(9)16/h1-6,8,13H,7H2. The van der Waals surface area contributed by atoms with Gasteiger partial charge in [0.1, 0.15) is 0 Å². The van der Waals surface area contributed by atoms with Crippen molar-refractivity contribution in [2.45, 2.75) is 11.8 Å². The van der Waals surface area contributed by atoms with Crippen molar-refractivity contribution in [2.24, 2.45) is 0 Å². The lowest BCUT2D eigenvalue weighted by Crippen LogP contribution is -1.96. The van der Waals surface area contributed by atoms with Crippen molar-refractivity contribution in [3.63, 3.8) is 0 Å². The molecule has 0 N–H and O–H groups in total. The zero-order valence-corrected chi connectivity index (χ0v) is 13.2. The molecule has 2 aromatic rings. The molecule has 0 radical (unpaired) electrons. The lowest BCUT2D eigenvalue weighted by atomic mass is 10.0. The van der Waals surface area contributed by atoms with Crippen LogP contribution in [0.4, 0.5) is 0 Å². The van der Waals surface area contributed by atoms with Crippen molar-refractivity contribution in [3.8, 4) is 0 Å². The molecule has 0 aromatic heterocycles. The Morgan fingerprint density at radius 2 is 1.72 bits per heavy atom. The molecule has 0 bridgehead atoms. The van der Waals surface area contributed by atoms with Crippen LogP contribution < -0.4 is 0 Å². The van der Waals surface area contributed by atoms with E-state index in [1.807, 2.05) is 42.5 Å². The van der Waals surface area contributed by atoms with Crippen molar-refractivity contribution >= 4 is 50.7 Å². The first-order chi connectivity index (χ1) is 8.58. The second-order valence-corrected chi connectivity index (χ2v) is 6.13. The third kappa shape index (κ3) is 3.42. The largest absolute Gasteiger partial charge is 0.117 e. The van der Waals surface area contributed by atoms with E-state index in [1.165, 1.54) is 0 Å². The minimum Gasteiger partial charge on any atom is -0.117 e. The Morgan fingerprint density at radius 3 is 2.39 bits per heavy atom. The Bertz CT molecular complexity index is 554. The maximum absolute atomic E-state index is 6.40. The molecule has 0 nitrogen and oxygen atoms in total. The van der Waals surface area contributed by atoms with Gasteiger partial charge in [-0.1, -0.05) is 47.5 Å². The Labute approximate surface area is 130 Å². The molecule has 1 atom stereocenters. The van der Waals surface area contributed by atoms with Crippen molar-refractivity contribution in [3.05, 3.63) is 68.1 Å². The van der Waals surface area contributed by atoms with E-state index in [0.717, 1.165) is 20.6 Å². The van der Waals surface area contributed by atoms with E-state index in [9.17, 15) is 0 Å². The molecule has 1 unspecified atom stereocenters. The first-order valence-electron chi connectivity index (χ1n) is 5.40. The van der Waals surface area contributed by atoms with Gasteiger partial charge >= 0.3 is 0 Å². The topological polar surface area (TPSA) is 0 Å². The molecule has 0 saturated heterocycles. The predicted octanol–water partition coefficient (Wildman–Crippen LogP) is 6.28. The van der Waals surface area contributed by atoms with E-state index >= 15 is 0 Å². The first-order valence-corrected chi connectivity index (χ1v) is 7.39. The molecule has 0 aliphatic heterocycles. The molecule has 0 aliphatic carbocycles. The predicted molar refractivity (Wildman–Crippen MR) is 82.9 cm³/mol. The first kappa shape index (κ1) is 14.2. The van der Waals surface area contributed by atoms with Crippen LogP contribution in [0, 0.1) is 0 Å². The maximum atomic E-state index is 6.40. The van der Waals surface area contributed by atoms with E-state index in [4.69, 9.17) is 34.8 Å². The number of alkyl halides is 1. The van der Waals surface area contributed by atoms with Crippen molar-refractivity contribution in [2.75, 3.05) is 0 Å². The molecule has 0 heterocycles. The third-order valence-corrected chi connectivity index (χ3v) is 4.67. The van der Waals surface area contributed by atoms with Gasteiger partial charge in [-0.25, -0.2) is 0 Å². The van der Waals surface area contributed by atoms with Gasteiger partial charge < -0.3 is 0 Å². The van der Waals surface area contributed by atoms with Crippen LogP contribution in [0.2, 0.25) is 10.0 Å². The van der Waals surface area contributed by atoms with Gasteiger partial charge in [-0.3, -0.25) is 0 Å². The SMILES string of the molecule is Clc1cc(C(Cl)Cc2ccccc2Cl)ccc1Br. The van der Waals surface area contributed by atoms with Crippen LogP contribution in [-0.4, -0.2) is 0 Å². The molecule has 0 fully saturated rings. The number of halogens is 4. The quantitative estimate of drug-likeness (QED) is 0.562. The summed E-state index contributed by atoms with van der Waals surface area (Å²) in [5.41, 5.74) is 2.03. The molecule has 0 spiro atoms. The van der Waals surface area contributed by atoms with E-state index in [2.05, 4.69) is 15.9 Å². The highest BCUT2D eigenvalue weighted by molar-refractivity contribution is 9.10. The summed E-state index contributed by atoms with van der Waals surface area (Å²) in [6, 6.07) is 13.5. The summed E-state index contributed by atoms with van der Waals surface area (Å²) >= 11 is 21.9. The van der Waals surface area contributed by atoms with Crippen molar-refractivity contribution < 1.29 is 0 Å². The van der Waals surface area contributed by atoms with E-state index in [1.54, 1.807) is 0 Å². The third-order valence-electron chi connectivity index (χ3n) is 2.66.